The summed E-state index contributed by atoms with van der Waals surface area (Å²) in [6.45, 7) is 3.19. The van der Waals surface area contributed by atoms with Crippen LogP contribution in [0.2, 0.25) is 0 Å². The Labute approximate surface area is 186 Å². The van der Waals surface area contributed by atoms with Crippen molar-refractivity contribution in [3.63, 3.8) is 0 Å². The Kier molecular flexibility index (Phi) is 7.10. The fourth-order valence-corrected chi connectivity index (χ4v) is 3.45. The minimum atomic E-state index is -0.934. The van der Waals surface area contributed by atoms with Crippen molar-refractivity contribution in [1.82, 2.24) is 20.2 Å². The molecule has 0 saturated heterocycles. The van der Waals surface area contributed by atoms with Crippen molar-refractivity contribution >= 4 is 35.4 Å². The molecule has 0 aliphatic carbocycles. The highest BCUT2D eigenvalue weighted by atomic mass is 32.2. The van der Waals surface area contributed by atoms with Gasteiger partial charge in [-0.25, -0.2) is 4.79 Å². The number of aryl methyl sites for hydroxylation is 1. The molecule has 0 saturated carbocycles. The van der Waals surface area contributed by atoms with Crippen molar-refractivity contribution in [3.8, 4) is 11.4 Å². The number of methoxy groups -OCH3 is 1. The lowest BCUT2D eigenvalue weighted by atomic mass is 10.1. The molecule has 0 fully saturated rings. The number of thioether (sulfide) groups is 1. The van der Waals surface area contributed by atoms with E-state index in [1.54, 1.807) is 38.3 Å². The van der Waals surface area contributed by atoms with Gasteiger partial charge in [-0.15, -0.1) is 5.10 Å². The van der Waals surface area contributed by atoms with Gasteiger partial charge in [0.05, 0.1) is 25.2 Å². The van der Waals surface area contributed by atoms with Gasteiger partial charge in [0.25, 0.3) is 5.91 Å². The zero-order valence-corrected chi connectivity index (χ0v) is 18.3. The van der Waals surface area contributed by atoms with Crippen molar-refractivity contribution in [3.05, 3.63) is 41.2 Å². The summed E-state index contributed by atoms with van der Waals surface area (Å²) in [5.74, 6) is -1.78. The number of hydrogen-bond acceptors (Lipinski definition) is 10. The normalized spacial score (nSPS) is 10.6. The number of carbonyl (C=O) groups is 3. The Balaban J connectivity index is 1.72. The zero-order valence-electron chi connectivity index (χ0n) is 17.4. The molecule has 32 heavy (non-hydrogen) atoms. The maximum Gasteiger partial charge on any atom is 0.342 e. The summed E-state index contributed by atoms with van der Waals surface area (Å²) in [6, 6.07) is 7.04. The number of nitrogens with one attached hydrogen (secondary N) is 1. The van der Waals surface area contributed by atoms with E-state index >= 15 is 0 Å². The van der Waals surface area contributed by atoms with Crippen molar-refractivity contribution in [2.45, 2.75) is 19.0 Å². The summed E-state index contributed by atoms with van der Waals surface area (Å²) in [4.78, 5) is 36.5. The highest BCUT2D eigenvalue weighted by Gasteiger charge is 2.29. The lowest BCUT2D eigenvalue weighted by Crippen LogP contribution is -2.21. The Morgan fingerprint density at radius 1 is 1.22 bits per heavy atom. The van der Waals surface area contributed by atoms with Crippen molar-refractivity contribution in [1.29, 1.82) is 0 Å². The predicted molar refractivity (Wildman–Crippen MR) is 113 cm³/mol. The smallest absolute Gasteiger partial charge is 0.342 e. The molecule has 0 unspecified atom stereocenters. The summed E-state index contributed by atoms with van der Waals surface area (Å²) in [5, 5.41) is 14.3. The van der Waals surface area contributed by atoms with Gasteiger partial charge < -0.3 is 19.6 Å². The number of furan rings is 1. The average molecular weight is 460 g/mol. The van der Waals surface area contributed by atoms with Crippen LogP contribution in [0, 0.1) is 6.92 Å². The predicted octanol–water partition coefficient (Wildman–Crippen LogP) is 1.58. The third kappa shape index (κ3) is 4.88. The van der Waals surface area contributed by atoms with Gasteiger partial charge >= 0.3 is 5.97 Å². The number of primary amides is 1. The van der Waals surface area contributed by atoms with Crippen LogP contribution in [-0.4, -0.2) is 57.5 Å². The van der Waals surface area contributed by atoms with Crippen LogP contribution in [-0.2, 0) is 9.53 Å². The Hall–Kier alpha value is -3.87. The summed E-state index contributed by atoms with van der Waals surface area (Å²) >= 11 is 1.06. The highest BCUT2D eigenvalue weighted by Crippen LogP contribution is 2.28. The van der Waals surface area contributed by atoms with Crippen LogP contribution >= 0.6 is 11.8 Å². The number of aromatic nitrogens is 4. The molecule has 0 spiro atoms. The van der Waals surface area contributed by atoms with Gasteiger partial charge in [0.15, 0.2) is 0 Å². The number of rotatable bonds is 9. The molecule has 0 radical (unpaired) electrons. The van der Waals surface area contributed by atoms with Gasteiger partial charge in [-0.05, 0) is 48.5 Å². The maximum absolute atomic E-state index is 12.5. The minimum absolute atomic E-state index is 0.100. The molecule has 0 bridgehead atoms. The van der Waals surface area contributed by atoms with Gasteiger partial charge in [-0.2, -0.15) is 4.68 Å². The molecule has 3 rings (SSSR count). The van der Waals surface area contributed by atoms with Gasteiger partial charge in [-0.1, -0.05) is 11.8 Å². The van der Waals surface area contributed by atoms with Crippen LogP contribution in [0.5, 0.6) is 5.75 Å². The second kappa shape index (κ2) is 9.96. The Bertz CT molecular complexity index is 1140. The molecular weight excluding hydrogens is 440 g/mol. The van der Waals surface area contributed by atoms with Gasteiger partial charge in [-0.3, -0.25) is 14.9 Å². The van der Waals surface area contributed by atoms with E-state index < -0.39 is 17.8 Å². The molecule has 2 aromatic heterocycles. The molecule has 0 aliphatic heterocycles. The third-order valence-corrected chi connectivity index (χ3v) is 5.07. The Morgan fingerprint density at radius 2 is 1.94 bits per heavy atom. The number of nitrogens with two attached hydrogens (primary N) is 1. The number of esters is 1. The Morgan fingerprint density at radius 3 is 2.56 bits per heavy atom. The number of benzene rings is 1. The van der Waals surface area contributed by atoms with Crippen molar-refractivity contribution in [2.75, 3.05) is 24.8 Å². The minimum Gasteiger partial charge on any atom is -0.497 e. The first-order chi connectivity index (χ1) is 15.3. The molecule has 3 N–H and O–H groups in total. The number of nitrogens with zero attached hydrogens (tertiary/aromatic N) is 4. The fourth-order valence-electron chi connectivity index (χ4n) is 2.76. The molecule has 2 heterocycles. The lowest BCUT2D eigenvalue weighted by Gasteiger charge is -2.06. The molecule has 1 aromatic carbocycles. The molecule has 12 nitrogen and oxygen atoms in total. The monoisotopic (exact) mass is 460 g/mol. The van der Waals surface area contributed by atoms with Crippen LogP contribution in [0.15, 0.2) is 33.8 Å². The van der Waals surface area contributed by atoms with E-state index in [2.05, 4.69) is 20.8 Å². The van der Waals surface area contributed by atoms with Crippen LogP contribution in [0.1, 0.15) is 33.4 Å². The van der Waals surface area contributed by atoms with E-state index in [-0.39, 0.29) is 35.1 Å². The highest BCUT2D eigenvalue weighted by molar-refractivity contribution is 7.99. The number of hydrogen-bond donors (Lipinski definition) is 2. The van der Waals surface area contributed by atoms with Crippen LogP contribution in [0.4, 0.5) is 5.88 Å². The number of ether oxygens (including phenoxy) is 2. The van der Waals surface area contributed by atoms with Crippen LogP contribution < -0.4 is 15.8 Å². The van der Waals surface area contributed by atoms with Gasteiger partial charge in [0.1, 0.15) is 22.6 Å². The first-order valence-corrected chi connectivity index (χ1v) is 10.3. The number of tetrazole rings is 1. The molecule has 13 heteroatoms. The summed E-state index contributed by atoms with van der Waals surface area (Å²) in [6.07, 6.45) is 0. The second-order valence-corrected chi connectivity index (χ2v) is 7.17. The second-order valence-electron chi connectivity index (χ2n) is 6.23. The molecule has 0 aliphatic rings. The number of carbonyl (C=O) groups excluding carboxylic acids is 3. The van der Waals surface area contributed by atoms with Gasteiger partial charge in [0.2, 0.25) is 16.9 Å². The fraction of sp³-hybridized carbons (Fsp3) is 0.263. The average Bonchev–Trinajstić information content (AvgIpc) is 3.36. The topological polar surface area (TPSA) is 164 Å². The summed E-state index contributed by atoms with van der Waals surface area (Å²) in [5.41, 5.74) is 5.70. The molecule has 3 aromatic rings. The number of anilines is 1. The van der Waals surface area contributed by atoms with Crippen molar-refractivity contribution in [2.24, 2.45) is 5.73 Å². The molecule has 0 atom stereocenters. The SMILES string of the molecule is CCOC(=O)c1c(C)oc(NC(=O)CSc2nnnn2-c2ccc(OC)cc2)c1C(N)=O. The van der Waals surface area contributed by atoms with E-state index in [4.69, 9.17) is 19.6 Å². The summed E-state index contributed by atoms with van der Waals surface area (Å²) < 4.78 is 16.9. The summed E-state index contributed by atoms with van der Waals surface area (Å²) in [7, 11) is 1.56. The van der Waals surface area contributed by atoms with E-state index in [9.17, 15) is 14.4 Å². The quantitative estimate of drug-likeness (QED) is 0.354. The molecular formula is C19H20N6O6S. The third-order valence-electron chi connectivity index (χ3n) is 4.15. The van der Waals surface area contributed by atoms with E-state index in [1.165, 1.54) is 11.6 Å². The maximum atomic E-state index is 12.5. The number of amides is 2. The largest absolute Gasteiger partial charge is 0.497 e. The van der Waals surface area contributed by atoms with Crippen molar-refractivity contribution < 1.29 is 28.3 Å². The molecule has 2 amide bonds. The molecule has 168 valence electrons. The van der Waals surface area contributed by atoms with E-state index in [1.807, 2.05) is 0 Å². The van der Waals surface area contributed by atoms with Crippen LogP contribution in [0.25, 0.3) is 5.69 Å². The van der Waals surface area contributed by atoms with E-state index in [0.29, 0.717) is 16.6 Å². The zero-order chi connectivity index (χ0) is 23.3. The van der Waals surface area contributed by atoms with E-state index in [0.717, 1.165) is 11.8 Å². The first kappa shape index (κ1) is 22.8. The van der Waals surface area contributed by atoms with Crippen LogP contribution in [0.3, 0.4) is 0 Å². The van der Waals surface area contributed by atoms with Gasteiger partial charge in [0, 0.05) is 0 Å². The first-order valence-electron chi connectivity index (χ1n) is 9.31. The lowest BCUT2D eigenvalue weighted by molar-refractivity contribution is -0.113. The standard InChI is InChI=1S/C19H20N6O6S/c1-4-30-18(28)14-10(2)31-17(15(14)16(20)27)21-13(26)9-32-19-22-23-24-25(19)11-5-7-12(29-3)8-6-11/h5-8H,4,9H2,1-3H3,(H2,20,27)(H,21,26).